The zero-order valence-corrected chi connectivity index (χ0v) is 12.4. The van der Waals surface area contributed by atoms with Crippen molar-refractivity contribution in [2.24, 2.45) is 5.18 Å². The van der Waals surface area contributed by atoms with Crippen LogP contribution in [0.5, 0.6) is 17.2 Å². The van der Waals surface area contributed by atoms with E-state index >= 15 is 0 Å². The van der Waals surface area contributed by atoms with Gasteiger partial charge in [-0.25, -0.2) is 0 Å². The topological polar surface area (TPSA) is 47.9 Å². The summed E-state index contributed by atoms with van der Waals surface area (Å²) in [4.78, 5) is 10.5. The summed E-state index contributed by atoms with van der Waals surface area (Å²) < 4.78 is 49.4. The van der Waals surface area contributed by atoms with E-state index < -0.39 is 17.8 Å². The minimum atomic E-state index is -4.57. The lowest BCUT2D eigenvalue weighted by molar-refractivity contribution is -0.138. The van der Waals surface area contributed by atoms with Gasteiger partial charge < -0.3 is 9.47 Å². The molecule has 0 aliphatic carbocycles. The Balaban J connectivity index is 2.31. The molecule has 0 fully saturated rings. The molecule has 0 spiro atoms. The maximum absolute atomic E-state index is 13.1. The van der Waals surface area contributed by atoms with Gasteiger partial charge in [0.1, 0.15) is 28.9 Å². The van der Waals surface area contributed by atoms with E-state index in [1.54, 1.807) is 19.1 Å². The first-order valence-electron chi connectivity index (χ1n) is 6.70. The van der Waals surface area contributed by atoms with Crippen molar-refractivity contribution in [2.45, 2.75) is 19.1 Å². The maximum atomic E-state index is 13.1. The Morgan fingerprint density at radius 1 is 1.04 bits per heavy atom. The third-order valence-corrected chi connectivity index (χ3v) is 3.24. The Hall–Kier alpha value is -2.57. The standard InChI is InChI=1S/C16H14F3NO3/c1-10(20-21)11-3-5-12(6-4-11)23-15-8-7-13(22-2)9-14(15)16(17,18)19/h3-10H,1-2H3. The molecule has 122 valence electrons. The van der Waals surface area contributed by atoms with Gasteiger partial charge in [-0.2, -0.15) is 18.1 Å². The van der Waals surface area contributed by atoms with Crippen LogP contribution in [0.4, 0.5) is 13.2 Å². The van der Waals surface area contributed by atoms with Crippen LogP contribution in [0.1, 0.15) is 24.1 Å². The van der Waals surface area contributed by atoms with Crippen LogP contribution in [0, 0.1) is 4.91 Å². The first-order chi connectivity index (χ1) is 10.8. The van der Waals surface area contributed by atoms with Crippen LogP contribution in [0.2, 0.25) is 0 Å². The van der Waals surface area contributed by atoms with Gasteiger partial charge in [0.15, 0.2) is 0 Å². The molecule has 0 aliphatic rings. The lowest BCUT2D eigenvalue weighted by Gasteiger charge is -2.15. The van der Waals surface area contributed by atoms with E-state index in [1.807, 2.05) is 0 Å². The van der Waals surface area contributed by atoms with Crippen LogP contribution < -0.4 is 9.47 Å². The number of nitroso groups, excluding NO2 is 1. The highest BCUT2D eigenvalue weighted by Crippen LogP contribution is 2.40. The number of alkyl halides is 3. The minimum Gasteiger partial charge on any atom is -0.497 e. The highest BCUT2D eigenvalue weighted by atomic mass is 19.4. The summed E-state index contributed by atoms with van der Waals surface area (Å²) in [7, 11) is 1.29. The Kier molecular flexibility index (Phi) is 4.88. The van der Waals surface area contributed by atoms with Gasteiger partial charge in [-0.15, -0.1) is 0 Å². The number of halogens is 3. The van der Waals surface area contributed by atoms with E-state index in [4.69, 9.17) is 9.47 Å². The van der Waals surface area contributed by atoms with Gasteiger partial charge in [-0.3, -0.25) is 0 Å². The van der Waals surface area contributed by atoms with E-state index in [0.717, 1.165) is 6.07 Å². The average Bonchev–Trinajstić information content (AvgIpc) is 2.54. The van der Waals surface area contributed by atoms with E-state index in [0.29, 0.717) is 5.56 Å². The SMILES string of the molecule is COc1ccc(Oc2ccc(C(C)N=O)cc2)c(C(F)(F)F)c1. The largest absolute Gasteiger partial charge is 0.497 e. The molecule has 2 aromatic carbocycles. The average molecular weight is 325 g/mol. The number of hydrogen-bond donors (Lipinski definition) is 0. The molecule has 0 N–H and O–H groups in total. The van der Waals surface area contributed by atoms with Crippen molar-refractivity contribution in [2.75, 3.05) is 7.11 Å². The van der Waals surface area contributed by atoms with Crippen molar-refractivity contribution in [3.8, 4) is 17.2 Å². The van der Waals surface area contributed by atoms with E-state index in [9.17, 15) is 18.1 Å². The van der Waals surface area contributed by atoms with Crippen molar-refractivity contribution < 1.29 is 22.6 Å². The maximum Gasteiger partial charge on any atom is 0.420 e. The number of nitrogens with zero attached hydrogens (tertiary/aromatic N) is 1. The van der Waals surface area contributed by atoms with Gasteiger partial charge in [0.2, 0.25) is 0 Å². The third-order valence-electron chi connectivity index (χ3n) is 3.24. The summed E-state index contributed by atoms with van der Waals surface area (Å²) in [5.41, 5.74) is -0.276. The van der Waals surface area contributed by atoms with Crippen molar-refractivity contribution in [1.82, 2.24) is 0 Å². The Bertz CT molecular complexity index is 684. The van der Waals surface area contributed by atoms with Crippen molar-refractivity contribution in [3.05, 3.63) is 58.5 Å². The molecule has 2 rings (SSSR count). The van der Waals surface area contributed by atoms with Crippen LogP contribution in [0.3, 0.4) is 0 Å². The Morgan fingerprint density at radius 3 is 2.17 bits per heavy atom. The molecule has 0 heterocycles. The monoisotopic (exact) mass is 325 g/mol. The van der Waals surface area contributed by atoms with Crippen molar-refractivity contribution in [3.63, 3.8) is 0 Å². The fourth-order valence-corrected chi connectivity index (χ4v) is 1.95. The van der Waals surface area contributed by atoms with Gasteiger partial charge in [0.25, 0.3) is 0 Å². The van der Waals surface area contributed by atoms with Crippen molar-refractivity contribution in [1.29, 1.82) is 0 Å². The molecule has 4 nitrogen and oxygen atoms in total. The van der Waals surface area contributed by atoms with E-state index in [2.05, 4.69) is 5.18 Å². The van der Waals surface area contributed by atoms with Crippen LogP contribution in [-0.2, 0) is 6.18 Å². The summed E-state index contributed by atoms with van der Waals surface area (Å²) >= 11 is 0. The van der Waals surface area contributed by atoms with Gasteiger partial charge in [-0.05, 0) is 42.8 Å². The second-order valence-electron chi connectivity index (χ2n) is 4.81. The summed E-state index contributed by atoms with van der Waals surface area (Å²) in [6.45, 7) is 1.62. The van der Waals surface area contributed by atoms with Crippen molar-refractivity contribution >= 4 is 0 Å². The molecule has 23 heavy (non-hydrogen) atoms. The van der Waals surface area contributed by atoms with E-state index in [-0.39, 0.29) is 17.2 Å². The van der Waals surface area contributed by atoms with Crippen LogP contribution >= 0.6 is 0 Å². The lowest BCUT2D eigenvalue weighted by atomic mass is 10.1. The lowest BCUT2D eigenvalue weighted by Crippen LogP contribution is -2.07. The Labute approximate surface area is 130 Å². The molecule has 0 amide bonds. The van der Waals surface area contributed by atoms with Crippen LogP contribution in [0.15, 0.2) is 47.6 Å². The molecule has 0 saturated heterocycles. The highest BCUT2D eigenvalue weighted by molar-refractivity contribution is 5.44. The number of ether oxygens (including phenoxy) is 2. The summed E-state index contributed by atoms with van der Waals surface area (Å²) in [5, 5.41) is 2.88. The normalized spacial score (nSPS) is 12.6. The highest BCUT2D eigenvalue weighted by Gasteiger charge is 2.35. The minimum absolute atomic E-state index is 0.0888. The number of methoxy groups -OCH3 is 1. The third kappa shape index (κ3) is 4.00. The molecule has 1 unspecified atom stereocenters. The fourth-order valence-electron chi connectivity index (χ4n) is 1.95. The predicted molar refractivity (Wildman–Crippen MR) is 78.7 cm³/mol. The summed E-state index contributed by atoms with van der Waals surface area (Å²) in [5.74, 6) is -0.0129. The molecule has 0 bridgehead atoms. The fraction of sp³-hybridized carbons (Fsp3) is 0.250. The molecule has 0 saturated carbocycles. The molecular weight excluding hydrogens is 311 g/mol. The Morgan fingerprint density at radius 2 is 1.65 bits per heavy atom. The smallest absolute Gasteiger partial charge is 0.420 e. The zero-order chi connectivity index (χ0) is 17.0. The second-order valence-corrected chi connectivity index (χ2v) is 4.81. The molecule has 1 atom stereocenters. The van der Waals surface area contributed by atoms with Crippen LogP contribution in [-0.4, -0.2) is 7.11 Å². The number of rotatable bonds is 5. The van der Waals surface area contributed by atoms with Gasteiger partial charge in [-0.1, -0.05) is 17.3 Å². The van der Waals surface area contributed by atoms with Gasteiger partial charge in [0.05, 0.1) is 7.11 Å². The summed E-state index contributed by atoms with van der Waals surface area (Å²) in [6, 6.07) is 9.07. The summed E-state index contributed by atoms with van der Waals surface area (Å²) in [6.07, 6.45) is -4.57. The number of benzene rings is 2. The molecule has 0 radical (unpaired) electrons. The zero-order valence-electron chi connectivity index (χ0n) is 12.4. The predicted octanol–water partition coefficient (Wildman–Crippen LogP) is 5.33. The van der Waals surface area contributed by atoms with Gasteiger partial charge in [0, 0.05) is 0 Å². The second kappa shape index (κ2) is 6.68. The molecular formula is C16H14F3NO3. The van der Waals surface area contributed by atoms with E-state index in [1.165, 1.54) is 31.4 Å². The molecule has 7 heteroatoms. The molecule has 0 aromatic heterocycles. The first-order valence-corrected chi connectivity index (χ1v) is 6.70. The molecule has 2 aromatic rings. The first kappa shape index (κ1) is 16.8. The van der Waals surface area contributed by atoms with Crippen LogP contribution in [0.25, 0.3) is 0 Å². The molecule has 0 aliphatic heterocycles. The number of hydrogen-bond acceptors (Lipinski definition) is 4. The van der Waals surface area contributed by atoms with Gasteiger partial charge >= 0.3 is 6.18 Å². The quantitative estimate of drug-likeness (QED) is 0.698.